The van der Waals surface area contributed by atoms with Gasteiger partial charge in [0.25, 0.3) is 11.8 Å². The van der Waals surface area contributed by atoms with Gasteiger partial charge in [-0.1, -0.05) is 22.0 Å². The Hall–Kier alpha value is -2.45. The molecule has 3 heterocycles. The van der Waals surface area contributed by atoms with Crippen LogP contribution in [0.15, 0.2) is 50.7 Å². The van der Waals surface area contributed by atoms with Gasteiger partial charge in [0.05, 0.1) is 4.88 Å². The van der Waals surface area contributed by atoms with Crippen LogP contribution in [0.2, 0.25) is 0 Å². The zero-order chi connectivity index (χ0) is 17.4. The summed E-state index contributed by atoms with van der Waals surface area (Å²) in [6.07, 6.45) is -0.646. The molecule has 1 atom stereocenters. The van der Waals surface area contributed by atoms with Crippen molar-refractivity contribution >= 4 is 44.1 Å². The van der Waals surface area contributed by atoms with E-state index in [9.17, 15) is 4.79 Å². The van der Waals surface area contributed by atoms with Gasteiger partial charge >= 0.3 is 5.97 Å². The van der Waals surface area contributed by atoms with Crippen molar-refractivity contribution in [2.24, 2.45) is 0 Å². The Morgan fingerprint density at radius 1 is 1.32 bits per heavy atom. The number of benzene rings is 1. The highest BCUT2D eigenvalue weighted by Gasteiger charge is 2.21. The fourth-order valence-electron chi connectivity index (χ4n) is 2.39. The molecule has 0 aliphatic rings. The molecule has 126 valence electrons. The van der Waals surface area contributed by atoms with Crippen molar-refractivity contribution in [3.8, 4) is 10.8 Å². The van der Waals surface area contributed by atoms with E-state index in [-0.39, 0.29) is 5.89 Å². The first-order chi connectivity index (χ1) is 12.1. The molecule has 1 unspecified atom stereocenters. The van der Waals surface area contributed by atoms with E-state index in [2.05, 4.69) is 31.1 Å². The number of thiophene rings is 1. The SMILES string of the molecule is CC(OC(=O)c1cc2cc(Br)ccc2[nH]1)c1nnc(-c2cccs2)o1. The van der Waals surface area contributed by atoms with Gasteiger partial charge in [0.2, 0.25) is 0 Å². The highest BCUT2D eigenvalue weighted by Crippen LogP contribution is 2.27. The van der Waals surface area contributed by atoms with Crippen molar-refractivity contribution < 1.29 is 13.9 Å². The third-order valence-electron chi connectivity index (χ3n) is 3.61. The molecule has 0 bridgehead atoms. The zero-order valence-electron chi connectivity index (χ0n) is 13.0. The molecule has 25 heavy (non-hydrogen) atoms. The molecule has 0 fully saturated rings. The lowest BCUT2D eigenvalue weighted by Crippen LogP contribution is -2.09. The molecule has 4 aromatic rings. The van der Waals surface area contributed by atoms with E-state index < -0.39 is 12.1 Å². The van der Waals surface area contributed by atoms with E-state index in [4.69, 9.17) is 9.15 Å². The molecule has 1 N–H and O–H groups in total. The fourth-order valence-corrected chi connectivity index (χ4v) is 3.41. The smallest absolute Gasteiger partial charge is 0.355 e. The number of ether oxygens (including phenoxy) is 1. The molecular weight excluding hydrogens is 406 g/mol. The summed E-state index contributed by atoms with van der Waals surface area (Å²) < 4.78 is 12.0. The van der Waals surface area contributed by atoms with Crippen LogP contribution in [0.5, 0.6) is 0 Å². The molecule has 0 amide bonds. The van der Waals surface area contributed by atoms with E-state index >= 15 is 0 Å². The van der Waals surface area contributed by atoms with Crippen LogP contribution in [0, 0.1) is 0 Å². The Kier molecular flexibility index (Phi) is 4.14. The van der Waals surface area contributed by atoms with Crippen molar-refractivity contribution in [1.29, 1.82) is 0 Å². The second-order valence-corrected chi connectivity index (χ2v) is 7.25. The van der Waals surface area contributed by atoms with E-state index in [0.717, 1.165) is 20.3 Å². The Morgan fingerprint density at radius 2 is 2.20 bits per heavy atom. The van der Waals surface area contributed by atoms with Crippen LogP contribution < -0.4 is 0 Å². The minimum atomic E-state index is -0.646. The van der Waals surface area contributed by atoms with Crippen LogP contribution in [0.3, 0.4) is 0 Å². The number of fused-ring (bicyclic) bond motifs is 1. The van der Waals surface area contributed by atoms with Gasteiger partial charge in [-0.2, -0.15) is 0 Å². The van der Waals surface area contributed by atoms with Gasteiger partial charge in [0, 0.05) is 15.4 Å². The highest BCUT2D eigenvalue weighted by atomic mass is 79.9. The number of nitrogens with one attached hydrogen (secondary N) is 1. The van der Waals surface area contributed by atoms with Crippen LogP contribution in [0.4, 0.5) is 0 Å². The summed E-state index contributed by atoms with van der Waals surface area (Å²) in [5.41, 5.74) is 1.23. The van der Waals surface area contributed by atoms with Gasteiger partial charge < -0.3 is 14.1 Å². The summed E-state index contributed by atoms with van der Waals surface area (Å²) in [6, 6.07) is 11.3. The number of aromatic amines is 1. The van der Waals surface area contributed by atoms with E-state index in [1.807, 2.05) is 35.7 Å². The number of carbonyl (C=O) groups excluding carboxylic acids is 1. The maximum atomic E-state index is 12.4. The number of rotatable bonds is 4. The summed E-state index contributed by atoms with van der Waals surface area (Å²) in [5.74, 6) is 0.203. The topological polar surface area (TPSA) is 81.0 Å². The lowest BCUT2D eigenvalue weighted by atomic mass is 10.2. The quantitative estimate of drug-likeness (QED) is 0.474. The number of aromatic nitrogens is 3. The van der Waals surface area contributed by atoms with Crippen LogP contribution >= 0.6 is 27.3 Å². The minimum absolute atomic E-state index is 0.260. The van der Waals surface area contributed by atoms with E-state index in [0.29, 0.717) is 11.6 Å². The molecule has 0 radical (unpaired) electrons. The first-order valence-electron chi connectivity index (χ1n) is 7.46. The Morgan fingerprint density at radius 3 is 3.00 bits per heavy atom. The molecule has 1 aromatic carbocycles. The van der Waals surface area contributed by atoms with Crippen LogP contribution in [-0.2, 0) is 4.74 Å². The average Bonchev–Trinajstić information content (AvgIpc) is 3.33. The molecular formula is C17H12BrN3O3S. The van der Waals surface area contributed by atoms with Gasteiger partial charge in [-0.3, -0.25) is 0 Å². The predicted molar refractivity (Wildman–Crippen MR) is 97.4 cm³/mol. The van der Waals surface area contributed by atoms with Gasteiger partial charge in [0.15, 0.2) is 6.10 Å². The van der Waals surface area contributed by atoms with Gasteiger partial charge in [0.1, 0.15) is 5.69 Å². The number of nitrogens with zero attached hydrogens (tertiary/aromatic N) is 2. The Balaban J connectivity index is 1.51. The summed E-state index contributed by atoms with van der Waals surface area (Å²) in [6.45, 7) is 1.70. The number of hydrogen-bond acceptors (Lipinski definition) is 6. The lowest BCUT2D eigenvalue weighted by Gasteiger charge is -2.07. The Bertz CT molecular complexity index is 1040. The van der Waals surface area contributed by atoms with Crippen molar-refractivity contribution in [1.82, 2.24) is 15.2 Å². The van der Waals surface area contributed by atoms with E-state index in [1.54, 1.807) is 13.0 Å². The maximum Gasteiger partial charge on any atom is 0.355 e. The van der Waals surface area contributed by atoms with Gasteiger partial charge in [-0.25, -0.2) is 4.79 Å². The molecule has 0 saturated carbocycles. The third-order valence-corrected chi connectivity index (χ3v) is 4.96. The van der Waals surface area contributed by atoms with Crippen LogP contribution in [-0.4, -0.2) is 21.2 Å². The maximum absolute atomic E-state index is 12.4. The zero-order valence-corrected chi connectivity index (χ0v) is 15.4. The molecule has 0 aliphatic carbocycles. The molecule has 4 rings (SSSR count). The molecule has 0 spiro atoms. The number of carbonyl (C=O) groups is 1. The third kappa shape index (κ3) is 3.22. The fraction of sp³-hybridized carbons (Fsp3) is 0.118. The van der Waals surface area contributed by atoms with Crippen molar-refractivity contribution in [2.75, 3.05) is 0 Å². The lowest BCUT2D eigenvalue weighted by molar-refractivity contribution is 0.0274. The minimum Gasteiger partial charge on any atom is -0.448 e. The molecule has 0 aliphatic heterocycles. The number of H-pyrrole nitrogens is 1. The number of halogens is 1. The van der Waals surface area contributed by atoms with Gasteiger partial charge in [-0.05, 0) is 42.6 Å². The highest BCUT2D eigenvalue weighted by molar-refractivity contribution is 9.10. The summed E-state index contributed by atoms with van der Waals surface area (Å²) in [7, 11) is 0. The first kappa shape index (κ1) is 16.0. The number of esters is 1. The van der Waals surface area contributed by atoms with E-state index in [1.165, 1.54) is 11.3 Å². The van der Waals surface area contributed by atoms with Gasteiger partial charge in [-0.15, -0.1) is 21.5 Å². The summed E-state index contributed by atoms with van der Waals surface area (Å²) >= 11 is 4.91. The standard InChI is InChI=1S/C17H12BrN3O3S/c1-9(15-20-21-16(24-15)14-3-2-6-25-14)23-17(22)13-8-10-7-11(18)4-5-12(10)19-13/h2-9,19H,1H3. The summed E-state index contributed by atoms with van der Waals surface area (Å²) in [4.78, 5) is 16.3. The second-order valence-electron chi connectivity index (χ2n) is 5.38. The Labute approximate surface area is 155 Å². The molecule has 8 heteroatoms. The monoisotopic (exact) mass is 417 g/mol. The second kappa shape index (κ2) is 6.45. The normalized spacial score (nSPS) is 12.4. The van der Waals surface area contributed by atoms with Crippen LogP contribution in [0.1, 0.15) is 29.4 Å². The van der Waals surface area contributed by atoms with Crippen molar-refractivity contribution in [3.63, 3.8) is 0 Å². The van der Waals surface area contributed by atoms with Crippen molar-refractivity contribution in [3.05, 3.63) is 57.8 Å². The number of hydrogen-bond donors (Lipinski definition) is 1. The predicted octanol–water partition coefficient (Wildman–Crippen LogP) is 4.96. The largest absolute Gasteiger partial charge is 0.448 e. The van der Waals surface area contributed by atoms with Crippen LogP contribution in [0.25, 0.3) is 21.7 Å². The molecule has 3 aromatic heterocycles. The molecule has 0 saturated heterocycles. The first-order valence-corrected chi connectivity index (χ1v) is 9.14. The average molecular weight is 418 g/mol. The van der Waals surface area contributed by atoms with Crippen molar-refractivity contribution in [2.45, 2.75) is 13.0 Å². The molecule has 6 nitrogen and oxygen atoms in total. The summed E-state index contributed by atoms with van der Waals surface area (Å²) in [5, 5.41) is 10.8.